The van der Waals surface area contributed by atoms with Crippen LogP contribution in [0.2, 0.25) is 0 Å². The fourth-order valence-corrected chi connectivity index (χ4v) is 3.32. The van der Waals surface area contributed by atoms with Gasteiger partial charge in [0.05, 0.1) is 11.9 Å². The Hall–Kier alpha value is -1.62. The molecule has 0 radical (unpaired) electrons. The van der Waals surface area contributed by atoms with Crippen LogP contribution in [0.4, 0.5) is 5.69 Å². The van der Waals surface area contributed by atoms with Crippen LogP contribution in [0.1, 0.15) is 39.5 Å². The number of piperidine rings is 2. The quantitative estimate of drug-likeness (QED) is 0.854. The van der Waals surface area contributed by atoms with Gasteiger partial charge in [0, 0.05) is 51.1 Å². The highest BCUT2D eigenvalue weighted by Gasteiger charge is 2.22. The molecule has 5 heteroatoms. The number of ketones is 1. The third-order valence-electron chi connectivity index (χ3n) is 4.90. The van der Waals surface area contributed by atoms with Crippen molar-refractivity contribution in [2.24, 2.45) is 0 Å². The SMILES string of the molecule is CC(C)N1CCC(Oc2ccc(N3CCC(=O)CC3)cn2)CC1. The van der Waals surface area contributed by atoms with Crippen molar-refractivity contribution in [1.29, 1.82) is 0 Å². The van der Waals surface area contributed by atoms with E-state index in [-0.39, 0.29) is 6.10 Å². The van der Waals surface area contributed by atoms with Crippen molar-refractivity contribution >= 4 is 11.5 Å². The van der Waals surface area contributed by atoms with E-state index in [0.717, 1.165) is 44.7 Å². The van der Waals surface area contributed by atoms with Gasteiger partial charge in [0.25, 0.3) is 0 Å². The molecule has 0 saturated carbocycles. The summed E-state index contributed by atoms with van der Waals surface area (Å²) in [7, 11) is 0. The van der Waals surface area contributed by atoms with Crippen molar-refractivity contribution in [3.05, 3.63) is 18.3 Å². The van der Waals surface area contributed by atoms with Crippen molar-refractivity contribution in [2.45, 2.75) is 51.7 Å². The summed E-state index contributed by atoms with van der Waals surface area (Å²) in [5.41, 5.74) is 1.08. The van der Waals surface area contributed by atoms with E-state index in [1.165, 1.54) is 0 Å². The van der Waals surface area contributed by atoms with E-state index in [4.69, 9.17) is 4.74 Å². The second-order valence-electron chi connectivity index (χ2n) is 6.83. The number of likely N-dealkylation sites (tertiary alicyclic amines) is 1. The molecule has 2 fully saturated rings. The molecular weight excluding hydrogens is 290 g/mol. The molecule has 23 heavy (non-hydrogen) atoms. The summed E-state index contributed by atoms with van der Waals surface area (Å²) in [5, 5.41) is 0. The lowest BCUT2D eigenvalue weighted by Crippen LogP contribution is -2.41. The minimum absolute atomic E-state index is 0.274. The Morgan fingerprint density at radius 2 is 1.83 bits per heavy atom. The molecule has 0 N–H and O–H groups in total. The number of aromatic nitrogens is 1. The highest BCUT2D eigenvalue weighted by atomic mass is 16.5. The Kier molecular flexibility index (Phi) is 5.16. The first-order valence-electron chi connectivity index (χ1n) is 8.75. The van der Waals surface area contributed by atoms with E-state index in [9.17, 15) is 4.79 Å². The highest BCUT2D eigenvalue weighted by Crippen LogP contribution is 2.22. The maximum Gasteiger partial charge on any atom is 0.213 e. The summed E-state index contributed by atoms with van der Waals surface area (Å²) in [6.07, 6.45) is 5.57. The summed E-state index contributed by atoms with van der Waals surface area (Å²) in [4.78, 5) is 20.5. The number of carbonyl (C=O) groups is 1. The average Bonchev–Trinajstić information content (AvgIpc) is 2.57. The first kappa shape index (κ1) is 16.2. The van der Waals surface area contributed by atoms with E-state index in [0.29, 0.717) is 30.5 Å². The number of Topliss-reactive ketones (excluding diaryl/α,β-unsaturated/α-hetero) is 1. The van der Waals surface area contributed by atoms with Crippen molar-refractivity contribution in [1.82, 2.24) is 9.88 Å². The zero-order valence-corrected chi connectivity index (χ0v) is 14.2. The van der Waals surface area contributed by atoms with Gasteiger partial charge in [-0.2, -0.15) is 0 Å². The van der Waals surface area contributed by atoms with Gasteiger partial charge >= 0.3 is 0 Å². The van der Waals surface area contributed by atoms with E-state index < -0.39 is 0 Å². The van der Waals surface area contributed by atoms with Crippen LogP contribution in [0.3, 0.4) is 0 Å². The number of nitrogens with zero attached hydrogens (tertiary/aromatic N) is 3. The van der Waals surface area contributed by atoms with Gasteiger partial charge in [-0.05, 0) is 32.8 Å². The van der Waals surface area contributed by atoms with Gasteiger partial charge in [-0.15, -0.1) is 0 Å². The van der Waals surface area contributed by atoms with Crippen LogP contribution in [0.25, 0.3) is 0 Å². The van der Waals surface area contributed by atoms with Gasteiger partial charge in [-0.1, -0.05) is 0 Å². The molecular formula is C18H27N3O2. The van der Waals surface area contributed by atoms with Crippen LogP contribution in [-0.2, 0) is 4.79 Å². The maximum atomic E-state index is 11.3. The Morgan fingerprint density at radius 1 is 1.13 bits per heavy atom. The first-order chi connectivity index (χ1) is 11.1. The zero-order valence-electron chi connectivity index (χ0n) is 14.2. The molecule has 0 atom stereocenters. The molecule has 0 aromatic carbocycles. The molecule has 3 rings (SSSR count). The van der Waals surface area contributed by atoms with Crippen LogP contribution < -0.4 is 9.64 Å². The third kappa shape index (κ3) is 4.22. The van der Waals surface area contributed by atoms with Crippen molar-refractivity contribution < 1.29 is 9.53 Å². The molecule has 0 aliphatic carbocycles. The minimum Gasteiger partial charge on any atom is -0.474 e. The van der Waals surface area contributed by atoms with E-state index in [2.05, 4.69) is 34.7 Å². The molecule has 0 unspecified atom stereocenters. The predicted molar refractivity (Wildman–Crippen MR) is 91.1 cm³/mol. The largest absolute Gasteiger partial charge is 0.474 e. The second-order valence-corrected chi connectivity index (χ2v) is 6.83. The Bertz CT molecular complexity index is 512. The second kappa shape index (κ2) is 7.30. The lowest BCUT2D eigenvalue weighted by molar-refractivity contribution is -0.119. The van der Waals surface area contributed by atoms with Gasteiger partial charge in [0.2, 0.25) is 5.88 Å². The number of hydrogen-bond acceptors (Lipinski definition) is 5. The van der Waals surface area contributed by atoms with Crippen molar-refractivity contribution in [2.75, 3.05) is 31.1 Å². The average molecular weight is 317 g/mol. The fourth-order valence-electron chi connectivity index (χ4n) is 3.32. The van der Waals surface area contributed by atoms with Crippen LogP contribution in [0, 0.1) is 0 Å². The number of hydrogen-bond donors (Lipinski definition) is 0. The van der Waals surface area contributed by atoms with E-state index >= 15 is 0 Å². The summed E-state index contributed by atoms with van der Waals surface area (Å²) in [6, 6.07) is 4.63. The number of anilines is 1. The number of pyridine rings is 1. The monoisotopic (exact) mass is 317 g/mol. The van der Waals surface area contributed by atoms with E-state index in [1.54, 1.807) is 0 Å². The molecule has 0 bridgehead atoms. The standard InChI is InChI=1S/C18H27N3O2/c1-14(2)20-11-7-17(8-12-20)23-18-4-3-15(13-19-18)21-9-5-16(22)6-10-21/h3-4,13-14,17H,5-12H2,1-2H3. The van der Waals surface area contributed by atoms with Crippen molar-refractivity contribution in [3.63, 3.8) is 0 Å². The van der Waals surface area contributed by atoms with Gasteiger partial charge in [0.15, 0.2) is 0 Å². The molecule has 1 aromatic rings. The molecule has 2 aliphatic heterocycles. The Balaban J connectivity index is 1.51. The lowest BCUT2D eigenvalue weighted by Gasteiger charge is -2.34. The predicted octanol–water partition coefficient (Wildman–Crippen LogP) is 2.50. The Labute approximate surface area is 138 Å². The number of ether oxygens (including phenoxy) is 1. The minimum atomic E-state index is 0.274. The number of rotatable bonds is 4. The summed E-state index contributed by atoms with van der Waals surface area (Å²) in [6.45, 7) is 8.29. The van der Waals surface area contributed by atoms with Gasteiger partial charge in [0.1, 0.15) is 11.9 Å². The summed E-state index contributed by atoms with van der Waals surface area (Å²) in [5.74, 6) is 1.08. The lowest BCUT2D eigenvalue weighted by atomic mass is 10.1. The van der Waals surface area contributed by atoms with Crippen LogP contribution in [-0.4, -0.2) is 54.0 Å². The normalized spacial score (nSPS) is 21.0. The molecule has 3 heterocycles. The molecule has 2 saturated heterocycles. The summed E-state index contributed by atoms with van der Waals surface area (Å²) >= 11 is 0. The summed E-state index contributed by atoms with van der Waals surface area (Å²) < 4.78 is 6.03. The third-order valence-corrected chi connectivity index (χ3v) is 4.90. The zero-order chi connectivity index (χ0) is 16.2. The Morgan fingerprint density at radius 3 is 2.39 bits per heavy atom. The molecule has 2 aliphatic rings. The fraction of sp³-hybridized carbons (Fsp3) is 0.667. The van der Waals surface area contributed by atoms with Crippen molar-refractivity contribution in [3.8, 4) is 5.88 Å². The van der Waals surface area contributed by atoms with E-state index in [1.807, 2.05) is 12.3 Å². The van der Waals surface area contributed by atoms with Gasteiger partial charge < -0.3 is 14.5 Å². The first-order valence-corrected chi connectivity index (χ1v) is 8.75. The maximum absolute atomic E-state index is 11.3. The van der Waals surface area contributed by atoms with Gasteiger partial charge in [-0.3, -0.25) is 4.79 Å². The molecule has 1 aromatic heterocycles. The van der Waals surface area contributed by atoms with Crippen LogP contribution in [0.5, 0.6) is 5.88 Å². The molecule has 0 spiro atoms. The molecule has 0 amide bonds. The molecule has 5 nitrogen and oxygen atoms in total. The highest BCUT2D eigenvalue weighted by molar-refractivity contribution is 5.80. The topological polar surface area (TPSA) is 45.7 Å². The van der Waals surface area contributed by atoms with Crippen LogP contribution in [0.15, 0.2) is 18.3 Å². The molecule has 126 valence electrons. The number of carbonyl (C=O) groups excluding carboxylic acids is 1. The van der Waals surface area contributed by atoms with Gasteiger partial charge in [-0.25, -0.2) is 4.98 Å². The smallest absolute Gasteiger partial charge is 0.213 e. The van der Waals surface area contributed by atoms with Crippen LogP contribution >= 0.6 is 0 Å².